The van der Waals surface area contributed by atoms with Gasteiger partial charge in [-0.25, -0.2) is 4.98 Å². The predicted octanol–water partition coefficient (Wildman–Crippen LogP) is 3.28. The first-order valence-electron chi connectivity index (χ1n) is 3.19. The topological polar surface area (TPSA) is 36.7 Å². The Morgan fingerprint density at radius 3 is 2.36 bits per heavy atom. The number of nitriles is 1. The van der Waals surface area contributed by atoms with Crippen LogP contribution in [0, 0.1) is 11.3 Å². The van der Waals surface area contributed by atoms with Crippen molar-refractivity contribution in [3.05, 3.63) is 27.5 Å². The maximum atomic E-state index is 12.2. The highest BCUT2D eigenvalue weighted by Crippen LogP contribution is 2.34. The molecule has 0 aliphatic rings. The van der Waals surface area contributed by atoms with Crippen LogP contribution in [0.3, 0.4) is 0 Å². The van der Waals surface area contributed by atoms with Crippen molar-refractivity contribution < 1.29 is 13.2 Å². The molecule has 0 amide bonds. The lowest BCUT2D eigenvalue weighted by atomic mass is 10.2. The normalized spacial score (nSPS) is 11.1. The summed E-state index contributed by atoms with van der Waals surface area (Å²) in [6.45, 7) is 0. The molecule has 0 atom stereocenters. The van der Waals surface area contributed by atoms with Gasteiger partial charge in [-0.3, -0.25) is 0 Å². The van der Waals surface area contributed by atoms with E-state index in [9.17, 15) is 13.2 Å². The SMILES string of the molecule is N#Cc1cc(Cl)c(C(F)(F)F)nc1Cl. The van der Waals surface area contributed by atoms with E-state index in [0.717, 1.165) is 6.07 Å². The fourth-order valence-electron chi connectivity index (χ4n) is 0.744. The van der Waals surface area contributed by atoms with Gasteiger partial charge < -0.3 is 0 Å². The molecule has 0 unspecified atom stereocenters. The highest BCUT2D eigenvalue weighted by Gasteiger charge is 2.36. The maximum absolute atomic E-state index is 12.2. The Morgan fingerprint density at radius 1 is 1.36 bits per heavy atom. The summed E-state index contributed by atoms with van der Waals surface area (Å²) in [4.78, 5) is 3.00. The monoisotopic (exact) mass is 240 g/mol. The zero-order valence-electron chi connectivity index (χ0n) is 6.36. The zero-order valence-corrected chi connectivity index (χ0v) is 7.87. The van der Waals surface area contributed by atoms with Gasteiger partial charge in [0.1, 0.15) is 11.2 Å². The highest BCUT2D eigenvalue weighted by atomic mass is 35.5. The quantitative estimate of drug-likeness (QED) is 0.653. The number of aromatic nitrogens is 1. The van der Waals surface area contributed by atoms with Crippen LogP contribution in [-0.2, 0) is 6.18 Å². The van der Waals surface area contributed by atoms with E-state index in [-0.39, 0.29) is 5.56 Å². The van der Waals surface area contributed by atoms with Gasteiger partial charge >= 0.3 is 6.18 Å². The number of hydrogen-bond donors (Lipinski definition) is 0. The lowest BCUT2D eigenvalue weighted by Gasteiger charge is -2.08. The minimum atomic E-state index is -4.67. The average molecular weight is 241 g/mol. The fraction of sp³-hybridized carbons (Fsp3) is 0.143. The van der Waals surface area contributed by atoms with E-state index >= 15 is 0 Å². The molecule has 1 aromatic heterocycles. The average Bonchev–Trinajstić information content (AvgIpc) is 2.06. The Labute approximate surface area is 86.9 Å². The van der Waals surface area contributed by atoms with Gasteiger partial charge in [-0.05, 0) is 6.07 Å². The molecule has 0 spiro atoms. The second-order valence-electron chi connectivity index (χ2n) is 2.27. The molecule has 0 aromatic carbocycles. The highest BCUT2D eigenvalue weighted by molar-refractivity contribution is 6.33. The largest absolute Gasteiger partial charge is 0.434 e. The summed E-state index contributed by atoms with van der Waals surface area (Å²) in [6, 6.07) is 2.40. The third kappa shape index (κ3) is 2.08. The van der Waals surface area contributed by atoms with Gasteiger partial charge in [-0.1, -0.05) is 23.2 Å². The molecule has 0 fully saturated rings. The minimum absolute atomic E-state index is 0.190. The summed E-state index contributed by atoms with van der Waals surface area (Å²) >= 11 is 10.6. The number of halogens is 5. The summed E-state index contributed by atoms with van der Waals surface area (Å²) < 4.78 is 36.5. The molecule has 1 aromatic rings. The van der Waals surface area contributed by atoms with Crippen LogP contribution in [0.15, 0.2) is 6.07 Å². The number of rotatable bonds is 0. The van der Waals surface area contributed by atoms with Crippen LogP contribution in [0.1, 0.15) is 11.3 Å². The first-order valence-corrected chi connectivity index (χ1v) is 3.95. The molecule has 74 valence electrons. The van der Waals surface area contributed by atoms with E-state index in [0.29, 0.717) is 0 Å². The Balaban J connectivity index is 3.38. The zero-order chi connectivity index (χ0) is 10.9. The van der Waals surface area contributed by atoms with Crippen LogP contribution < -0.4 is 0 Å². The van der Waals surface area contributed by atoms with E-state index in [1.54, 1.807) is 6.07 Å². The van der Waals surface area contributed by atoms with E-state index in [4.69, 9.17) is 28.5 Å². The third-order valence-corrected chi connectivity index (χ3v) is 1.89. The molecule has 0 radical (unpaired) electrons. The number of nitrogens with zero attached hydrogens (tertiary/aromatic N) is 2. The molecule has 0 bridgehead atoms. The number of pyridine rings is 1. The Bertz CT molecular complexity index is 409. The number of hydrogen-bond acceptors (Lipinski definition) is 2. The molecular formula is C7HCl2F3N2. The van der Waals surface area contributed by atoms with Crippen LogP contribution in [0.4, 0.5) is 13.2 Å². The summed E-state index contributed by atoms with van der Waals surface area (Å²) in [6.07, 6.45) is -4.67. The molecule has 0 aliphatic heterocycles. The first kappa shape index (κ1) is 11.1. The standard InChI is InChI=1S/C7HCl2F3N2/c8-4-1-3(2-13)6(9)14-5(4)7(10,11)12/h1H. The lowest BCUT2D eigenvalue weighted by molar-refractivity contribution is -0.141. The smallest absolute Gasteiger partial charge is 0.229 e. The van der Waals surface area contributed by atoms with Crippen molar-refractivity contribution in [2.24, 2.45) is 0 Å². The van der Waals surface area contributed by atoms with E-state index < -0.39 is 22.0 Å². The van der Waals surface area contributed by atoms with Crippen LogP contribution in [-0.4, -0.2) is 4.98 Å². The molecular weight excluding hydrogens is 240 g/mol. The third-order valence-electron chi connectivity index (χ3n) is 1.32. The second-order valence-corrected chi connectivity index (χ2v) is 3.03. The Morgan fingerprint density at radius 2 is 1.93 bits per heavy atom. The second kappa shape index (κ2) is 3.64. The lowest BCUT2D eigenvalue weighted by Crippen LogP contribution is -2.09. The Kier molecular flexibility index (Phi) is 2.88. The molecule has 2 nitrogen and oxygen atoms in total. The van der Waals surface area contributed by atoms with Crippen LogP contribution in [0.25, 0.3) is 0 Å². The van der Waals surface area contributed by atoms with E-state index in [2.05, 4.69) is 4.98 Å². The van der Waals surface area contributed by atoms with E-state index in [1.807, 2.05) is 0 Å². The van der Waals surface area contributed by atoms with Gasteiger partial charge in [0.2, 0.25) is 0 Å². The summed E-state index contributed by atoms with van der Waals surface area (Å²) in [5, 5.41) is 7.27. The fourth-order valence-corrected chi connectivity index (χ4v) is 1.18. The van der Waals surface area contributed by atoms with Crippen molar-refractivity contribution in [1.29, 1.82) is 5.26 Å². The molecule has 0 saturated carbocycles. The molecule has 1 rings (SSSR count). The van der Waals surface area contributed by atoms with Crippen molar-refractivity contribution in [3.63, 3.8) is 0 Å². The summed E-state index contributed by atoms with van der Waals surface area (Å²) in [7, 11) is 0. The van der Waals surface area contributed by atoms with Crippen LogP contribution >= 0.6 is 23.2 Å². The molecule has 0 saturated heterocycles. The van der Waals surface area contributed by atoms with Gasteiger partial charge in [0.15, 0.2) is 5.69 Å². The van der Waals surface area contributed by atoms with Crippen molar-refractivity contribution in [1.82, 2.24) is 4.98 Å². The van der Waals surface area contributed by atoms with Crippen molar-refractivity contribution in [2.45, 2.75) is 6.18 Å². The van der Waals surface area contributed by atoms with Gasteiger partial charge in [0.05, 0.1) is 10.6 Å². The maximum Gasteiger partial charge on any atom is 0.434 e. The molecule has 0 aliphatic carbocycles. The minimum Gasteiger partial charge on any atom is -0.229 e. The summed E-state index contributed by atoms with van der Waals surface area (Å²) in [5.74, 6) is 0. The van der Waals surface area contributed by atoms with Crippen LogP contribution in [0.2, 0.25) is 10.2 Å². The van der Waals surface area contributed by atoms with E-state index in [1.165, 1.54) is 0 Å². The number of alkyl halides is 3. The van der Waals surface area contributed by atoms with Crippen molar-refractivity contribution in [3.8, 4) is 6.07 Å². The van der Waals surface area contributed by atoms with Gasteiger partial charge in [0.25, 0.3) is 0 Å². The Hall–Kier alpha value is -0.990. The van der Waals surface area contributed by atoms with Crippen molar-refractivity contribution >= 4 is 23.2 Å². The van der Waals surface area contributed by atoms with Gasteiger partial charge in [-0.2, -0.15) is 18.4 Å². The van der Waals surface area contributed by atoms with Gasteiger partial charge in [-0.15, -0.1) is 0 Å². The predicted molar refractivity (Wildman–Crippen MR) is 44.0 cm³/mol. The molecule has 14 heavy (non-hydrogen) atoms. The first-order chi connectivity index (χ1) is 6.36. The van der Waals surface area contributed by atoms with Crippen molar-refractivity contribution in [2.75, 3.05) is 0 Å². The van der Waals surface area contributed by atoms with Gasteiger partial charge in [0, 0.05) is 0 Å². The van der Waals surface area contributed by atoms with Crippen LogP contribution in [0.5, 0.6) is 0 Å². The summed E-state index contributed by atoms with van der Waals surface area (Å²) in [5.41, 5.74) is -1.48. The molecule has 7 heteroatoms. The molecule has 1 heterocycles. The molecule has 0 N–H and O–H groups in total.